The fourth-order valence-electron chi connectivity index (χ4n) is 1.82. The standard InChI is InChI=1S/C13H19N3O2S2/c1-13(2,3)19-8-7-16-20(17,18)12-10-5-4-6-14-11(10)9-15-12/h4-6,16H,7-9H2,1-3H3. The van der Waals surface area contributed by atoms with Crippen LogP contribution in [0.4, 0.5) is 0 Å². The molecular weight excluding hydrogens is 294 g/mol. The first-order valence-corrected chi connectivity index (χ1v) is 8.89. The third-order valence-electron chi connectivity index (χ3n) is 2.68. The van der Waals surface area contributed by atoms with Gasteiger partial charge in [-0.15, -0.1) is 0 Å². The molecule has 0 fully saturated rings. The number of hydrogen-bond acceptors (Lipinski definition) is 5. The number of hydrogen-bond donors (Lipinski definition) is 1. The molecule has 20 heavy (non-hydrogen) atoms. The number of pyridine rings is 1. The number of rotatable bonds is 4. The average Bonchev–Trinajstić information content (AvgIpc) is 2.78. The van der Waals surface area contributed by atoms with Gasteiger partial charge in [0.05, 0.1) is 12.2 Å². The monoisotopic (exact) mass is 313 g/mol. The highest BCUT2D eigenvalue weighted by Gasteiger charge is 2.27. The molecular formula is C13H19N3O2S2. The van der Waals surface area contributed by atoms with E-state index in [1.54, 1.807) is 30.1 Å². The van der Waals surface area contributed by atoms with Gasteiger partial charge in [0.25, 0.3) is 10.0 Å². The van der Waals surface area contributed by atoms with Crippen LogP contribution < -0.4 is 4.72 Å². The zero-order chi connectivity index (χ0) is 14.8. The van der Waals surface area contributed by atoms with Crippen LogP contribution in [0.2, 0.25) is 0 Å². The molecule has 0 spiro atoms. The molecule has 1 aromatic heterocycles. The van der Waals surface area contributed by atoms with Crippen molar-refractivity contribution in [3.63, 3.8) is 0 Å². The summed E-state index contributed by atoms with van der Waals surface area (Å²) in [6.07, 6.45) is 1.65. The minimum atomic E-state index is -3.54. The Morgan fingerprint density at radius 2 is 2.15 bits per heavy atom. The van der Waals surface area contributed by atoms with Gasteiger partial charge < -0.3 is 0 Å². The Morgan fingerprint density at radius 3 is 2.85 bits per heavy atom. The van der Waals surface area contributed by atoms with Crippen molar-refractivity contribution in [2.45, 2.75) is 32.1 Å². The lowest BCUT2D eigenvalue weighted by molar-refractivity contribution is 0.596. The van der Waals surface area contributed by atoms with Crippen LogP contribution in [0.25, 0.3) is 0 Å². The smallest absolute Gasteiger partial charge is 0.258 e. The van der Waals surface area contributed by atoms with Crippen LogP contribution in [0.1, 0.15) is 32.0 Å². The Balaban J connectivity index is 1.99. The van der Waals surface area contributed by atoms with E-state index in [0.29, 0.717) is 18.7 Å². The van der Waals surface area contributed by atoms with Gasteiger partial charge in [-0.1, -0.05) is 20.8 Å². The predicted octanol–water partition coefficient (Wildman–Crippen LogP) is 1.79. The van der Waals surface area contributed by atoms with Crippen LogP contribution in [0.3, 0.4) is 0 Å². The van der Waals surface area contributed by atoms with Crippen molar-refractivity contribution in [3.05, 3.63) is 29.6 Å². The van der Waals surface area contributed by atoms with Crippen molar-refractivity contribution in [2.24, 2.45) is 4.99 Å². The summed E-state index contributed by atoms with van der Waals surface area (Å²) < 4.78 is 27.2. The van der Waals surface area contributed by atoms with Crippen LogP contribution in [-0.2, 0) is 16.6 Å². The van der Waals surface area contributed by atoms with E-state index >= 15 is 0 Å². The Kier molecular flexibility index (Phi) is 4.51. The summed E-state index contributed by atoms with van der Waals surface area (Å²) >= 11 is 1.72. The van der Waals surface area contributed by atoms with E-state index in [1.807, 2.05) is 0 Å². The second-order valence-electron chi connectivity index (χ2n) is 5.48. The van der Waals surface area contributed by atoms with E-state index in [9.17, 15) is 8.42 Å². The zero-order valence-electron chi connectivity index (χ0n) is 11.9. The van der Waals surface area contributed by atoms with Crippen LogP contribution >= 0.6 is 11.8 Å². The van der Waals surface area contributed by atoms with Gasteiger partial charge in [-0.05, 0) is 12.1 Å². The summed E-state index contributed by atoms with van der Waals surface area (Å²) in [6.45, 7) is 7.06. The number of aliphatic imine (C=N–C) groups is 1. The minimum Gasteiger partial charge on any atom is -0.265 e. The number of fused-ring (bicyclic) bond motifs is 1. The number of thioether (sulfide) groups is 1. The molecule has 0 saturated heterocycles. The van der Waals surface area contributed by atoms with E-state index < -0.39 is 10.0 Å². The largest absolute Gasteiger partial charge is 0.265 e. The molecule has 1 aliphatic heterocycles. The van der Waals surface area contributed by atoms with Crippen LogP contribution in [0.5, 0.6) is 0 Å². The van der Waals surface area contributed by atoms with Crippen molar-refractivity contribution in [1.29, 1.82) is 0 Å². The molecule has 0 amide bonds. The molecule has 1 aliphatic rings. The Labute approximate surface area is 124 Å². The molecule has 0 radical (unpaired) electrons. The van der Waals surface area contributed by atoms with Crippen LogP contribution in [0, 0.1) is 0 Å². The van der Waals surface area contributed by atoms with E-state index in [4.69, 9.17) is 0 Å². The number of sulfonamides is 1. The predicted molar refractivity (Wildman–Crippen MR) is 83.6 cm³/mol. The number of nitrogens with one attached hydrogen (secondary N) is 1. The van der Waals surface area contributed by atoms with Crippen molar-refractivity contribution in [2.75, 3.05) is 12.3 Å². The molecule has 0 saturated carbocycles. The Morgan fingerprint density at radius 1 is 1.40 bits per heavy atom. The van der Waals surface area contributed by atoms with Gasteiger partial charge in [-0.25, -0.2) is 13.1 Å². The van der Waals surface area contributed by atoms with E-state index in [0.717, 1.165) is 11.4 Å². The molecule has 5 nitrogen and oxygen atoms in total. The Bertz CT molecular complexity index is 619. The number of nitrogens with zero attached hydrogens (tertiary/aromatic N) is 2. The van der Waals surface area contributed by atoms with E-state index in [1.165, 1.54) is 0 Å². The first-order valence-electron chi connectivity index (χ1n) is 6.42. The summed E-state index contributed by atoms with van der Waals surface area (Å²) in [6, 6.07) is 3.47. The van der Waals surface area contributed by atoms with Crippen molar-refractivity contribution in [3.8, 4) is 0 Å². The van der Waals surface area contributed by atoms with E-state index in [-0.39, 0.29) is 9.79 Å². The molecule has 110 valence electrons. The molecule has 0 aliphatic carbocycles. The topological polar surface area (TPSA) is 71.4 Å². The normalized spacial score (nSPS) is 15.1. The highest BCUT2D eigenvalue weighted by atomic mass is 32.2. The van der Waals surface area contributed by atoms with Crippen LogP contribution in [-0.4, -0.2) is 35.5 Å². The first kappa shape index (κ1) is 15.5. The number of aromatic nitrogens is 1. The molecule has 7 heteroatoms. The van der Waals surface area contributed by atoms with Gasteiger partial charge in [0.2, 0.25) is 0 Å². The molecule has 1 aromatic rings. The van der Waals surface area contributed by atoms with Crippen LogP contribution in [0.15, 0.2) is 23.3 Å². The quantitative estimate of drug-likeness (QED) is 0.860. The van der Waals surface area contributed by atoms with Crippen molar-refractivity contribution in [1.82, 2.24) is 9.71 Å². The first-order chi connectivity index (χ1) is 9.30. The highest BCUT2D eigenvalue weighted by molar-refractivity contribution is 8.05. The summed E-state index contributed by atoms with van der Waals surface area (Å²) in [5, 5.41) is 0.112. The van der Waals surface area contributed by atoms with Gasteiger partial charge >= 0.3 is 0 Å². The molecule has 0 atom stereocenters. The maximum atomic E-state index is 12.2. The summed E-state index contributed by atoms with van der Waals surface area (Å²) in [4.78, 5) is 8.24. The van der Waals surface area contributed by atoms with Crippen molar-refractivity contribution >= 4 is 26.8 Å². The third-order valence-corrected chi connectivity index (χ3v) is 5.39. The molecule has 1 N–H and O–H groups in total. The van der Waals surface area contributed by atoms with Gasteiger partial charge in [-0.3, -0.25) is 9.98 Å². The molecule has 2 rings (SSSR count). The lowest BCUT2D eigenvalue weighted by atomic mass is 10.2. The fraction of sp³-hybridized carbons (Fsp3) is 0.538. The third kappa shape index (κ3) is 3.80. The molecule has 0 unspecified atom stereocenters. The van der Waals surface area contributed by atoms with Gasteiger partial charge in [-0.2, -0.15) is 11.8 Å². The summed E-state index contributed by atoms with van der Waals surface area (Å²) in [5.74, 6) is 0.732. The molecule has 0 aromatic carbocycles. The SMILES string of the molecule is CC(C)(C)SCCNS(=O)(=O)C1=NCc2ncccc21. The lowest BCUT2D eigenvalue weighted by Gasteiger charge is -2.17. The van der Waals surface area contributed by atoms with Crippen molar-refractivity contribution < 1.29 is 8.42 Å². The summed E-state index contributed by atoms with van der Waals surface area (Å²) in [5.41, 5.74) is 1.33. The second kappa shape index (κ2) is 5.83. The van der Waals surface area contributed by atoms with E-state index in [2.05, 4.69) is 35.5 Å². The zero-order valence-corrected chi connectivity index (χ0v) is 13.5. The lowest BCUT2D eigenvalue weighted by Crippen LogP contribution is -2.33. The second-order valence-corrected chi connectivity index (χ2v) is 9.08. The molecule has 0 bridgehead atoms. The average molecular weight is 313 g/mol. The minimum absolute atomic E-state index is 0.112. The maximum absolute atomic E-state index is 12.2. The maximum Gasteiger partial charge on any atom is 0.258 e. The molecule has 2 heterocycles. The van der Waals surface area contributed by atoms with Gasteiger partial charge in [0.1, 0.15) is 0 Å². The Hall–Kier alpha value is -0.920. The summed E-state index contributed by atoms with van der Waals surface area (Å²) in [7, 11) is -3.54. The van der Waals surface area contributed by atoms with Gasteiger partial charge in [0, 0.05) is 28.8 Å². The van der Waals surface area contributed by atoms with Gasteiger partial charge in [0.15, 0.2) is 5.04 Å². The fourth-order valence-corrected chi connectivity index (χ4v) is 3.99. The highest BCUT2D eigenvalue weighted by Crippen LogP contribution is 2.22.